The third-order valence-electron chi connectivity index (χ3n) is 2.92. The van der Waals surface area contributed by atoms with Gasteiger partial charge in [0.05, 0.1) is 5.54 Å². The Morgan fingerprint density at radius 1 is 1.38 bits per heavy atom. The molecule has 1 rings (SSSR count). The minimum absolute atomic E-state index is 0.146. The van der Waals surface area contributed by atoms with Crippen molar-refractivity contribution >= 4 is 5.78 Å². The molecule has 0 saturated carbocycles. The normalized spacial score (nSPS) is 11.5. The Kier molecular flexibility index (Phi) is 4.25. The molecule has 0 unspecified atom stereocenters. The maximum atomic E-state index is 12.2. The molecule has 0 saturated heterocycles. The van der Waals surface area contributed by atoms with E-state index < -0.39 is 5.54 Å². The number of hydrogen-bond acceptors (Lipinski definition) is 2. The molecule has 1 N–H and O–H groups in total. The molecule has 1 aromatic carbocycles. The molecular formula is C14H21NO. The second-order valence-electron chi connectivity index (χ2n) is 4.65. The van der Waals surface area contributed by atoms with Crippen LogP contribution in [0.2, 0.25) is 0 Å². The average Bonchev–Trinajstić information content (AvgIpc) is 2.29. The summed E-state index contributed by atoms with van der Waals surface area (Å²) in [5.74, 6) is 0.146. The van der Waals surface area contributed by atoms with Crippen LogP contribution in [-0.2, 0) is 6.42 Å². The molecule has 2 nitrogen and oxygen atoms in total. The second-order valence-corrected chi connectivity index (χ2v) is 4.65. The lowest BCUT2D eigenvalue weighted by atomic mass is 9.92. The number of nitrogens with one attached hydrogen (secondary N) is 1. The van der Waals surface area contributed by atoms with Crippen LogP contribution in [0.25, 0.3) is 0 Å². The Bertz CT molecular complexity index is 369. The Hall–Kier alpha value is -1.15. The fourth-order valence-electron chi connectivity index (χ4n) is 1.63. The van der Waals surface area contributed by atoms with Crippen LogP contribution < -0.4 is 5.32 Å². The van der Waals surface area contributed by atoms with Crippen molar-refractivity contribution in [1.82, 2.24) is 5.32 Å². The molecule has 0 fully saturated rings. The van der Waals surface area contributed by atoms with Crippen molar-refractivity contribution in [3.63, 3.8) is 0 Å². The Balaban J connectivity index is 2.96. The van der Waals surface area contributed by atoms with Crippen LogP contribution >= 0.6 is 0 Å². The summed E-state index contributed by atoms with van der Waals surface area (Å²) in [6.07, 6.45) is 2.13. The van der Waals surface area contributed by atoms with Gasteiger partial charge in [-0.1, -0.05) is 31.5 Å². The summed E-state index contributed by atoms with van der Waals surface area (Å²) in [7, 11) is 1.81. The summed E-state index contributed by atoms with van der Waals surface area (Å²) in [4.78, 5) is 12.2. The lowest BCUT2D eigenvalue weighted by Gasteiger charge is -2.22. The maximum absolute atomic E-state index is 12.2. The summed E-state index contributed by atoms with van der Waals surface area (Å²) < 4.78 is 0. The van der Waals surface area contributed by atoms with Crippen LogP contribution in [0.15, 0.2) is 24.3 Å². The van der Waals surface area contributed by atoms with Gasteiger partial charge in [0.15, 0.2) is 5.78 Å². The molecule has 16 heavy (non-hydrogen) atoms. The Morgan fingerprint density at radius 3 is 2.62 bits per heavy atom. The van der Waals surface area contributed by atoms with Gasteiger partial charge in [0, 0.05) is 5.56 Å². The average molecular weight is 219 g/mol. The van der Waals surface area contributed by atoms with Crippen LogP contribution in [0.4, 0.5) is 0 Å². The quantitative estimate of drug-likeness (QED) is 0.772. The van der Waals surface area contributed by atoms with E-state index in [1.165, 1.54) is 5.56 Å². The van der Waals surface area contributed by atoms with Crippen LogP contribution in [0.1, 0.15) is 43.1 Å². The van der Waals surface area contributed by atoms with E-state index in [0.717, 1.165) is 18.4 Å². The van der Waals surface area contributed by atoms with E-state index in [9.17, 15) is 4.79 Å². The van der Waals surface area contributed by atoms with Crippen molar-refractivity contribution < 1.29 is 4.79 Å². The minimum atomic E-state index is -0.495. The first kappa shape index (κ1) is 12.9. The molecule has 0 bridgehead atoms. The molecule has 0 radical (unpaired) electrons. The summed E-state index contributed by atoms with van der Waals surface area (Å²) in [6, 6.07) is 7.93. The number of ketones is 1. The van der Waals surface area contributed by atoms with Crippen molar-refractivity contribution in [2.45, 2.75) is 39.2 Å². The third kappa shape index (κ3) is 2.92. The zero-order chi connectivity index (χ0) is 12.2. The van der Waals surface area contributed by atoms with Gasteiger partial charge in [-0.2, -0.15) is 0 Å². The number of hydrogen-bond donors (Lipinski definition) is 1. The molecule has 0 aromatic heterocycles. The van der Waals surface area contributed by atoms with Crippen LogP contribution in [0.5, 0.6) is 0 Å². The topological polar surface area (TPSA) is 29.1 Å². The largest absolute Gasteiger partial charge is 0.308 e. The fraction of sp³-hybridized carbons (Fsp3) is 0.500. The minimum Gasteiger partial charge on any atom is -0.308 e. The Morgan fingerprint density at radius 2 is 2.06 bits per heavy atom. The van der Waals surface area contributed by atoms with E-state index in [0.29, 0.717) is 0 Å². The summed E-state index contributed by atoms with van der Waals surface area (Å²) in [6.45, 7) is 5.95. The Labute approximate surface area is 98.1 Å². The van der Waals surface area contributed by atoms with E-state index in [2.05, 4.69) is 18.3 Å². The van der Waals surface area contributed by atoms with E-state index in [4.69, 9.17) is 0 Å². The highest BCUT2D eigenvalue weighted by atomic mass is 16.1. The van der Waals surface area contributed by atoms with E-state index in [1.54, 1.807) is 0 Å². The zero-order valence-electron chi connectivity index (χ0n) is 10.6. The molecule has 0 aliphatic rings. The highest BCUT2D eigenvalue weighted by Gasteiger charge is 2.26. The first-order valence-electron chi connectivity index (χ1n) is 5.84. The zero-order valence-corrected chi connectivity index (χ0v) is 10.6. The van der Waals surface area contributed by atoms with Crippen LogP contribution in [0, 0.1) is 0 Å². The maximum Gasteiger partial charge on any atom is 0.182 e. The van der Waals surface area contributed by atoms with E-state index in [-0.39, 0.29) is 5.78 Å². The molecule has 88 valence electrons. The molecule has 0 atom stereocenters. The monoisotopic (exact) mass is 219 g/mol. The lowest BCUT2D eigenvalue weighted by Crippen LogP contribution is -2.44. The third-order valence-corrected chi connectivity index (χ3v) is 2.92. The van der Waals surface area contributed by atoms with Crippen LogP contribution in [-0.4, -0.2) is 18.4 Å². The standard InChI is InChI=1S/C14H21NO/c1-5-7-11-8-6-9-12(10-11)13(16)14(2,3)15-4/h6,8-10,15H,5,7H2,1-4H3. The number of benzene rings is 1. The molecule has 0 aliphatic carbocycles. The second kappa shape index (κ2) is 5.26. The van der Waals surface area contributed by atoms with Gasteiger partial charge in [-0.3, -0.25) is 4.79 Å². The summed E-state index contributed by atoms with van der Waals surface area (Å²) in [5, 5.41) is 3.04. The number of carbonyl (C=O) groups excluding carboxylic acids is 1. The number of carbonyl (C=O) groups is 1. The predicted molar refractivity (Wildman–Crippen MR) is 67.9 cm³/mol. The molecule has 2 heteroatoms. The van der Waals surface area contributed by atoms with Gasteiger partial charge in [0.2, 0.25) is 0 Å². The van der Waals surface area contributed by atoms with Crippen molar-refractivity contribution in [3.05, 3.63) is 35.4 Å². The highest BCUT2D eigenvalue weighted by molar-refractivity contribution is 6.02. The van der Waals surface area contributed by atoms with Crippen molar-refractivity contribution in [2.24, 2.45) is 0 Å². The highest BCUT2D eigenvalue weighted by Crippen LogP contribution is 2.14. The lowest BCUT2D eigenvalue weighted by molar-refractivity contribution is 0.0889. The molecule has 0 aliphatic heterocycles. The first-order chi connectivity index (χ1) is 7.51. The van der Waals surface area contributed by atoms with Gasteiger partial charge in [-0.15, -0.1) is 0 Å². The summed E-state index contributed by atoms with van der Waals surface area (Å²) in [5.41, 5.74) is 1.54. The van der Waals surface area contributed by atoms with E-state index in [1.807, 2.05) is 39.1 Å². The summed E-state index contributed by atoms with van der Waals surface area (Å²) >= 11 is 0. The number of aryl methyl sites for hydroxylation is 1. The van der Waals surface area contributed by atoms with Gasteiger partial charge in [-0.05, 0) is 38.9 Å². The SMILES string of the molecule is CCCc1cccc(C(=O)C(C)(C)NC)c1. The predicted octanol–water partition coefficient (Wildman–Crippen LogP) is 2.82. The van der Waals surface area contributed by atoms with Gasteiger partial charge < -0.3 is 5.32 Å². The smallest absolute Gasteiger partial charge is 0.182 e. The van der Waals surface area contributed by atoms with Crippen molar-refractivity contribution in [2.75, 3.05) is 7.05 Å². The first-order valence-corrected chi connectivity index (χ1v) is 5.84. The van der Waals surface area contributed by atoms with Gasteiger partial charge in [0.25, 0.3) is 0 Å². The van der Waals surface area contributed by atoms with Gasteiger partial charge in [-0.25, -0.2) is 0 Å². The molecule has 0 amide bonds. The van der Waals surface area contributed by atoms with Gasteiger partial charge in [0.1, 0.15) is 0 Å². The van der Waals surface area contributed by atoms with Crippen molar-refractivity contribution in [1.29, 1.82) is 0 Å². The van der Waals surface area contributed by atoms with Crippen molar-refractivity contribution in [3.8, 4) is 0 Å². The van der Waals surface area contributed by atoms with Gasteiger partial charge >= 0.3 is 0 Å². The van der Waals surface area contributed by atoms with Crippen LogP contribution in [0.3, 0.4) is 0 Å². The molecule has 0 heterocycles. The number of likely N-dealkylation sites (N-methyl/N-ethyl adjacent to an activating group) is 1. The van der Waals surface area contributed by atoms with E-state index >= 15 is 0 Å². The number of rotatable bonds is 5. The molecule has 0 spiro atoms. The number of Topliss-reactive ketones (excluding diaryl/α,β-unsaturated/α-hetero) is 1. The fourth-order valence-corrected chi connectivity index (χ4v) is 1.63. The molecule has 1 aromatic rings. The molecular weight excluding hydrogens is 198 g/mol.